The van der Waals surface area contributed by atoms with E-state index in [1.54, 1.807) is 4.90 Å². The monoisotopic (exact) mass is 560 g/mol. The molecule has 1 saturated heterocycles. The highest BCUT2D eigenvalue weighted by Gasteiger charge is 2.45. The first-order chi connectivity index (χ1) is 18.0. The minimum atomic E-state index is -1.84. The molecule has 3 rings (SSSR count). The van der Waals surface area contributed by atoms with Crippen molar-refractivity contribution in [1.29, 1.82) is 0 Å². The molecule has 39 heavy (non-hydrogen) atoms. The van der Waals surface area contributed by atoms with Gasteiger partial charge >= 0.3 is 12.1 Å². The molecule has 1 aromatic rings. The average Bonchev–Trinajstić information content (AvgIpc) is 2.80. The van der Waals surface area contributed by atoms with Crippen molar-refractivity contribution in [2.75, 3.05) is 40.0 Å². The Kier molecular flexibility index (Phi) is 9.61. The Labute approximate surface area is 235 Å². The molecule has 1 aromatic carbocycles. The number of fused-ring (bicyclic) bond motifs is 2. The van der Waals surface area contributed by atoms with Crippen molar-refractivity contribution in [3.05, 3.63) is 35.4 Å². The topological polar surface area (TPSA) is 77.5 Å². The van der Waals surface area contributed by atoms with Gasteiger partial charge in [0.1, 0.15) is 18.0 Å². The molecule has 0 aromatic heterocycles. The lowest BCUT2D eigenvalue weighted by Gasteiger charge is -2.49. The molecule has 2 aliphatic heterocycles. The van der Waals surface area contributed by atoms with Crippen LogP contribution in [-0.4, -0.2) is 87.8 Å². The average molecular weight is 561 g/mol. The fourth-order valence-corrected chi connectivity index (χ4v) is 5.79. The zero-order chi connectivity index (χ0) is 29.2. The van der Waals surface area contributed by atoms with Gasteiger partial charge in [-0.2, -0.15) is 0 Å². The van der Waals surface area contributed by atoms with E-state index < -0.39 is 13.9 Å². The van der Waals surface area contributed by atoms with E-state index in [0.29, 0.717) is 38.3 Å². The zero-order valence-electron chi connectivity index (χ0n) is 25.6. The number of ether oxygens (including phenoxy) is 3. The van der Waals surface area contributed by atoms with E-state index in [9.17, 15) is 9.59 Å². The standard InChI is InChI=1S/C30H48N2O6Si/c1-11-35-27(33)26-24(18-22-19-32(20-25(26)31(22)8)28(34)38-29(2,3)4)21-13-12-14-23(17-21)36-15-16-37-39(9,10)30(5,6)7/h12-14,17,22,25H,11,15-16,18-20H2,1-10H3. The highest BCUT2D eigenvalue weighted by atomic mass is 28.4. The highest BCUT2D eigenvalue weighted by Crippen LogP contribution is 2.39. The van der Waals surface area contributed by atoms with Gasteiger partial charge < -0.3 is 23.5 Å². The van der Waals surface area contributed by atoms with Crippen LogP contribution in [0.1, 0.15) is 60.5 Å². The lowest BCUT2D eigenvalue weighted by Crippen LogP contribution is -2.62. The number of esters is 1. The maximum atomic E-state index is 13.3. The van der Waals surface area contributed by atoms with Gasteiger partial charge in [0, 0.05) is 19.1 Å². The molecule has 2 aliphatic rings. The molecule has 0 N–H and O–H groups in total. The van der Waals surface area contributed by atoms with Crippen LogP contribution < -0.4 is 4.74 Å². The van der Waals surface area contributed by atoms with E-state index in [0.717, 1.165) is 16.9 Å². The minimum Gasteiger partial charge on any atom is -0.491 e. The summed E-state index contributed by atoms with van der Waals surface area (Å²) >= 11 is 0. The van der Waals surface area contributed by atoms with Crippen molar-refractivity contribution in [1.82, 2.24) is 9.80 Å². The Morgan fingerprint density at radius 3 is 2.36 bits per heavy atom. The fourth-order valence-electron chi connectivity index (χ4n) is 4.76. The Morgan fingerprint density at radius 2 is 1.74 bits per heavy atom. The number of benzene rings is 1. The van der Waals surface area contributed by atoms with Gasteiger partial charge in [0.2, 0.25) is 0 Å². The summed E-state index contributed by atoms with van der Waals surface area (Å²) in [5.74, 6) is 0.393. The van der Waals surface area contributed by atoms with Gasteiger partial charge in [-0.25, -0.2) is 9.59 Å². The van der Waals surface area contributed by atoms with E-state index >= 15 is 0 Å². The van der Waals surface area contributed by atoms with E-state index in [4.69, 9.17) is 18.6 Å². The van der Waals surface area contributed by atoms with Gasteiger partial charge in [-0.1, -0.05) is 32.9 Å². The van der Waals surface area contributed by atoms with Gasteiger partial charge in [-0.15, -0.1) is 0 Å². The lowest BCUT2D eigenvalue weighted by molar-refractivity contribution is -0.140. The van der Waals surface area contributed by atoms with Crippen molar-refractivity contribution in [2.45, 2.75) is 90.7 Å². The zero-order valence-corrected chi connectivity index (χ0v) is 26.6. The van der Waals surface area contributed by atoms with Crippen LogP contribution in [0.4, 0.5) is 4.79 Å². The molecule has 0 radical (unpaired) electrons. The molecule has 2 bridgehead atoms. The molecule has 218 valence electrons. The summed E-state index contributed by atoms with van der Waals surface area (Å²) in [4.78, 5) is 30.1. The summed E-state index contributed by atoms with van der Waals surface area (Å²) in [6, 6.07) is 7.65. The summed E-state index contributed by atoms with van der Waals surface area (Å²) in [5.41, 5.74) is 1.90. The second-order valence-corrected chi connectivity index (χ2v) is 17.8. The lowest BCUT2D eigenvalue weighted by atomic mass is 9.82. The smallest absolute Gasteiger partial charge is 0.410 e. The van der Waals surface area contributed by atoms with Crippen LogP contribution in [0.5, 0.6) is 5.75 Å². The summed E-state index contributed by atoms with van der Waals surface area (Å²) in [7, 11) is 0.176. The van der Waals surface area contributed by atoms with Gasteiger partial charge in [-0.05, 0) is 82.6 Å². The number of rotatable bonds is 8. The molecule has 2 heterocycles. The first kappa shape index (κ1) is 31.2. The second-order valence-electron chi connectivity index (χ2n) is 13.0. The number of carbonyl (C=O) groups is 2. The van der Waals surface area contributed by atoms with E-state index in [2.05, 4.69) is 38.8 Å². The molecule has 1 fully saturated rings. The Balaban J connectivity index is 1.84. The number of nitrogens with zero attached hydrogens (tertiary/aromatic N) is 2. The Hall–Kier alpha value is -2.36. The van der Waals surface area contributed by atoms with Crippen molar-refractivity contribution in [3.63, 3.8) is 0 Å². The fraction of sp³-hybridized carbons (Fsp3) is 0.667. The molecule has 0 saturated carbocycles. The van der Waals surface area contributed by atoms with Gasteiger partial charge in [0.25, 0.3) is 0 Å². The molecular formula is C30H48N2O6Si. The second kappa shape index (κ2) is 12.0. The summed E-state index contributed by atoms with van der Waals surface area (Å²) in [5, 5.41) is 0.147. The SMILES string of the molecule is CCOC(=O)C1=C(c2cccc(OCCO[Si](C)(C)C(C)(C)C)c2)CC2CN(C(=O)OC(C)(C)C)CC1N2C. The number of piperazine rings is 1. The van der Waals surface area contributed by atoms with Crippen LogP contribution in [0.15, 0.2) is 29.8 Å². The quantitative estimate of drug-likeness (QED) is 0.228. The maximum absolute atomic E-state index is 13.3. The number of hydrogen-bond donors (Lipinski definition) is 0. The summed E-state index contributed by atoms with van der Waals surface area (Å²) in [6.07, 6.45) is 0.255. The summed E-state index contributed by atoms with van der Waals surface area (Å²) < 4.78 is 23.5. The third-order valence-corrected chi connectivity index (χ3v) is 12.5. The number of likely N-dealkylation sites (N-methyl/N-ethyl adjacent to an activating group) is 1. The van der Waals surface area contributed by atoms with E-state index in [1.165, 1.54) is 0 Å². The molecule has 2 atom stereocenters. The molecule has 0 spiro atoms. The maximum Gasteiger partial charge on any atom is 0.410 e. The van der Waals surface area contributed by atoms with Crippen LogP contribution in [0.2, 0.25) is 18.1 Å². The van der Waals surface area contributed by atoms with Crippen LogP contribution in [-0.2, 0) is 18.7 Å². The molecule has 2 unspecified atom stereocenters. The van der Waals surface area contributed by atoms with E-state index in [1.807, 2.05) is 59.0 Å². The first-order valence-electron chi connectivity index (χ1n) is 14.0. The minimum absolute atomic E-state index is 0.0482. The first-order valence-corrected chi connectivity index (χ1v) is 16.9. The Morgan fingerprint density at radius 1 is 1.05 bits per heavy atom. The molecule has 8 nitrogen and oxygen atoms in total. The van der Waals surface area contributed by atoms with E-state index in [-0.39, 0.29) is 35.8 Å². The molecule has 1 amide bonds. The summed E-state index contributed by atoms with van der Waals surface area (Å²) in [6.45, 7) is 20.7. The molecule has 0 aliphatic carbocycles. The van der Waals surface area contributed by atoms with Gasteiger partial charge in [0.05, 0.1) is 24.8 Å². The third-order valence-electron chi connectivity index (χ3n) is 7.94. The van der Waals surface area contributed by atoms with Gasteiger partial charge in [0.15, 0.2) is 8.32 Å². The van der Waals surface area contributed by atoms with Crippen molar-refractivity contribution in [3.8, 4) is 5.75 Å². The Bertz CT molecular complexity index is 1070. The van der Waals surface area contributed by atoms with Crippen LogP contribution in [0.3, 0.4) is 0 Å². The third kappa shape index (κ3) is 7.64. The van der Waals surface area contributed by atoms with Crippen LogP contribution in [0, 0.1) is 0 Å². The van der Waals surface area contributed by atoms with Crippen LogP contribution in [0.25, 0.3) is 5.57 Å². The molecular weight excluding hydrogens is 512 g/mol. The normalized spacial score (nSPS) is 20.6. The van der Waals surface area contributed by atoms with Crippen molar-refractivity contribution in [2.24, 2.45) is 0 Å². The number of carbonyl (C=O) groups excluding carboxylic acids is 2. The number of hydrogen-bond acceptors (Lipinski definition) is 7. The highest BCUT2D eigenvalue weighted by molar-refractivity contribution is 6.74. The predicted molar refractivity (Wildman–Crippen MR) is 156 cm³/mol. The van der Waals surface area contributed by atoms with Crippen LogP contribution >= 0.6 is 0 Å². The van der Waals surface area contributed by atoms with Crippen molar-refractivity contribution >= 4 is 26.0 Å². The number of amides is 1. The van der Waals surface area contributed by atoms with Crippen molar-refractivity contribution < 1.29 is 28.2 Å². The largest absolute Gasteiger partial charge is 0.491 e. The van der Waals surface area contributed by atoms with Gasteiger partial charge in [-0.3, -0.25) is 4.90 Å². The predicted octanol–water partition coefficient (Wildman–Crippen LogP) is 5.73. The molecule has 9 heteroatoms.